The fourth-order valence-corrected chi connectivity index (χ4v) is 2.40. The average Bonchev–Trinajstić information content (AvgIpc) is 2.56. The van der Waals surface area contributed by atoms with E-state index in [0.29, 0.717) is 54.8 Å². The summed E-state index contributed by atoms with van der Waals surface area (Å²) >= 11 is 0. The summed E-state index contributed by atoms with van der Waals surface area (Å²) in [4.78, 5) is 23.4. The van der Waals surface area contributed by atoms with Crippen molar-refractivity contribution in [3.63, 3.8) is 0 Å². The van der Waals surface area contributed by atoms with Crippen LogP contribution in [0.1, 0.15) is 21.5 Å². The quantitative estimate of drug-likeness (QED) is 0.421. The highest BCUT2D eigenvalue weighted by molar-refractivity contribution is 5.97. The van der Waals surface area contributed by atoms with Crippen LogP contribution in [0.2, 0.25) is 0 Å². The van der Waals surface area contributed by atoms with E-state index in [4.69, 9.17) is 18.6 Å². The normalized spacial score (nSPS) is 10.9. The molecule has 0 saturated heterocycles. The number of fused-ring (bicyclic) bond motifs is 1. The second-order valence-electron chi connectivity index (χ2n) is 5.06. The topological polar surface area (TPSA) is 75.0 Å². The van der Waals surface area contributed by atoms with Gasteiger partial charge < -0.3 is 18.6 Å². The van der Waals surface area contributed by atoms with Gasteiger partial charge in [-0.15, -0.1) is 0 Å². The Hall–Kier alpha value is -2.18. The van der Waals surface area contributed by atoms with E-state index in [1.54, 1.807) is 19.2 Å². The molecule has 6 nitrogen and oxygen atoms in total. The average molecular weight is 320 g/mol. The number of carbonyl (C=O) groups excluding carboxylic acids is 1. The van der Waals surface area contributed by atoms with E-state index in [0.717, 1.165) is 5.56 Å². The molecule has 1 aromatic heterocycles. The van der Waals surface area contributed by atoms with Gasteiger partial charge in [-0.05, 0) is 24.6 Å². The molecule has 124 valence electrons. The number of benzene rings is 1. The van der Waals surface area contributed by atoms with Crippen molar-refractivity contribution >= 4 is 17.3 Å². The van der Waals surface area contributed by atoms with Crippen molar-refractivity contribution in [1.82, 2.24) is 0 Å². The van der Waals surface area contributed by atoms with Crippen molar-refractivity contribution in [3.8, 4) is 5.75 Å². The first-order valence-corrected chi connectivity index (χ1v) is 7.28. The van der Waals surface area contributed by atoms with Crippen LogP contribution in [-0.4, -0.2) is 40.3 Å². The third-order valence-electron chi connectivity index (χ3n) is 3.68. The van der Waals surface area contributed by atoms with E-state index in [2.05, 4.69) is 0 Å². The molecule has 0 N–H and O–H groups in total. The van der Waals surface area contributed by atoms with Crippen LogP contribution in [0.4, 0.5) is 0 Å². The van der Waals surface area contributed by atoms with Crippen molar-refractivity contribution in [2.24, 2.45) is 0 Å². The van der Waals surface area contributed by atoms with Gasteiger partial charge in [-0.3, -0.25) is 4.79 Å². The molecule has 0 radical (unpaired) electrons. The summed E-state index contributed by atoms with van der Waals surface area (Å²) in [7, 11) is 3.12. The zero-order chi connectivity index (χ0) is 16.8. The van der Waals surface area contributed by atoms with Gasteiger partial charge in [0.1, 0.15) is 11.3 Å². The number of rotatable bonds is 8. The Morgan fingerprint density at radius 1 is 1.17 bits per heavy atom. The number of hydrogen-bond acceptors (Lipinski definition) is 6. The number of ether oxygens (including phenoxy) is 3. The molecule has 0 unspecified atom stereocenters. The highest BCUT2D eigenvalue weighted by Gasteiger charge is 2.15. The van der Waals surface area contributed by atoms with E-state index in [1.807, 2.05) is 6.92 Å². The summed E-state index contributed by atoms with van der Waals surface area (Å²) in [5.74, 6) is 0.541. The second-order valence-corrected chi connectivity index (χ2v) is 5.06. The van der Waals surface area contributed by atoms with Crippen LogP contribution in [0, 0.1) is 6.92 Å². The summed E-state index contributed by atoms with van der Waals surface area (Å²) in [6, 6.07) is 3.31. The maximum absolute atomic E-state index is 12.2. The van der Waals surface area contributed by atoms with Gasteiger partial charge in [0.25, 0.3) is 0 Å². The van der Waals surface area contributed by atoms with Crippen molar-refractivity contribution in [2.75, 3.05) is 34.0 Å². The Morgan fingerprint density at radius 3 is 2.61 bits per heavy atom. The number of hydrogen-bond donors (Lipinski definition) is 0. The van der Waals surface area contributed by atoms with E-state index in [-0.39, 0.29) is 5.58 Å². The molecule has 0 fully saturated rings. The molecular formula is C17H20O6. The van der Waals surface area contributed by atoms with E-state index >= 15 is 0 Å². The molecule has 0 aliphatic carbocycles. The van der Waals surface area contributed by atoms with Crippen LogP contribution in [0.5, 0.6) is 5.75 Å². The predicted molar refractivity (Wildman–Crippen MR) is 85.6 cm³/mol. The Labute approximate surface area is 134 Å². The third kappa shape index (κ3) is 3.78. The van der Waals surface area contributed by atoms with Gasteiger partial charge in [-0.2, -0.15) is 0 Å². The smallest absolute Gasteiger partial charge is 0.339 e. The minimum Gasteiger partial charge on any atom is -0.497 e. The Balaban J connectivity index is 2.39. The molecule has 1 heterocycles. The van der Waals surface area contributed by atoms with Gasteiger partial charge in [-0.1, -0.05) is 0 Å². The number of carbonyl (C=O) groups is 1. The van der Waals surface area contributed by atoms with Crippen molar-refractivity contribution in [2.45, 2.75) is 13.3 Å². The van der Waals surface area contributed by atoms with Gasteiger partial charge in [-0.25, -0.2) is 4.79 Å². The third-order valence-corrected chi connectivity index (χ3v) is 3.68. The van der Waals surface area contributed by atoms with Crippen LogP contribution in [0.15, 0.2) is 21.3 Å². The lowest BCUT2D eigenvalue weighted by atomic mass is 10.0. The monoisotopic (exact) mass is 320 g/mol. The highest BCUT2D eigenvalue weighted by Crippen LogP contribution is 2.27. The Kier molecular flexibility index (Phi) is 5.90. The molecule has 0 aliphatic rings. The number of methoxy groups -OCH3 is 2. The standard InChI is InChI=1S/C17H20O6/c1-11-14(4-5-22-7-6-20-2)17(19)23-16-12(10-18)8-13(21-3)9-15(11)16/h8-10H,4-7H2,1-3H3. The molecule has 2 rings (SSSR count). The first kappa shape index (κ1) is 17.2. The molecule has 23 heavy (non-hydrogen) atoms. The molecule has 0 atom stereocenters. The first-order chi connectivity index (χ1) is 11.1. The molecule has 0 saturated carbocycles. The fourth-order valence-electron chi connectivity index (χ4n) is 2.40. The van der Waals surface area contributed by atoms with Crippen molar-refractivity contribution in [3.05, 3.63) is 39.2 Å². The Morgan fingerprint density at radius 2 is 1.96 bits per heavy atom. The minimum atomic E-state index is -0.446. The van der Waals surface area contributed by atoms with Crippen LogP contribution in [0.25, 0.3) is 11.0 Å². The molecule has 0 amide bonds. The molecule has 2 aromatic rings. The lowest BCUT2D eigenvalue weighted by Gasteiger charge is -2.11. The maximum Gasteiger partial charge on any atom is 0.339 e. The van der Waals surface area contributed by atoms with Gasteiger partial charge >= 0.3 is 5.63 Å². The van der Waals surface area contributed by atoms with E-state index in [9.17, 15) is 9.59 Å². The van der Waals surface area contributed by atoms with Crippen LogP contribution < -0.4 is 10.4 Å². The summed E-state index contributed by atoms with van der Waals surface area (Å²) in [6.45, 7) is 3.20. The number of aryl methyl sites for hydroxylation is 1. The molecule has 6 heteroatoms. The van der Waals surface area contributed by atoms with E-state index < -0.39 is 5.63 Å². The lowest BCUT2D eigenvalue weighted by Crippen LogP contribution is -2.14. The summed E-state index contributed by atoms with van der Waals surface area (Å²) in [6.07, 6.45) is 1.09. The van der Waals surface area contributed by atoms with Crippen LogP contribution >= 0.6 is 0 Å². The molecule has 0 aliphatic heterocycles. The maximum atomic E-state index is 12.2. The second kappa shape index (κ2) is 7.89. The largest absolute Gasteiger partial charge is 0.497 e. The summed E-state index contributed by atoms with van der Waals surface area (Å²) in [5, 5.41) is 0.693. The predicted octanol–water partition coefficient (Wildman–Crippen LogP) is 2.13. The molecule has 0 bridgehead atoms. The minimum absolute atomic E-state index is 0.285. The zero-order valence-corrected chi connectivity index (χ0v) is 13.5. The zero-order valence-electron chi connectivity index (χ0n) is 13.5. The van der Waals surface area contributed by atoms with Crippen molar-refractivity contribution < 1.29 is 23.4 Å². The molecular weight excluding hydrogens is 300 g/mol. The van der Waals surface area contributed by atoms with Gasteiger partial charge in [0.2, 0.25) is 0 Å². The molecule has 0 spiro atoms. The molecule has 1 aromatic carbocycles. The summed E-state index contributed by atoms with van der Waals surface area (Å²) in [5.41, 5.74) is 1.45. The Bertz CT molecular complexity index is 747. The van der Waals surface area contributed by atoms with Gasteiger partial charge in [0, 0.05) is 24.5 Å². The lowest BCUT2D eigenvalue weighted by molar-refractivity contribution is 0.0720. The first-order valence-electron chi connectivity index (χ1n) is 7.28. The fraction of sp³-hybridized carbons (Fsp3) is 0.412. The SMILES string of the molecule is COCCOCCc1c(C)c2cc(OC)cc(C=O)c2oc1=O. The van der Waals surface area contributed by atoms with Crippen molar-refractivity contribution in [1.29, 1.82) is 0 Å². The number of aldehydes is 1. The van der Waals surface area contributed by atoms with Crippen LogP contribution in [-0.2, 0) is 15.9 Å². The van der Waals surface area contributed by atoms with Gasteiger partial charge in [0.05, 0.1) is 32.5 Å². The van der Waals surface area contributed by atoms with Gasteiger partial charge in [0.15, 0.2) is 6.29 Å². The summed E-state index contributed by atoms with van der Waals surface area (Å²) < 4.78 is 20.9. The highest BCUT2D eigenvalue weighted by atomic mass is 16.5. The van der Waals surface area contributed by atoms with E-state index in [1.165, 1.54) is 7.11 Å². The van der Waals surface area contributed by atoms with Crippen LogP contribution in [0.3, 0.4) is 0 Å².